The number of hydrogen-bond donors (Lipinski definition) is 2. The van der Waals surface area contributed by atoms with Crippen molar-refractivity contribution in [3.63, 3.8) is 0 Å². The molecule has 1 aromatic carbocycles. The maximum atomic E-state index is 10.9. The molecule has 84 valence electrons. The number of rotatable bonds is 3. The van der Waals surface area contributed by atoms with Crippen LogP contribution in [0.5, 0.6) is 0 Å². The van der Waals surface area contributed by atoms with E-state index >= 15 is 0 Å². The Bertz CT molecular complexity index is 386. The van der Waals surface area contributed by atoms with Gasteiger partial charge in [-0.05, 0) is 5.56 Å². The van der Waals surface area contributed by atoms with Crippen molar-refractivity contribution >= 4 is 12.0 Å². The first-order chi connectivity index (χ1) is 7.77. The smallest absolute Gasteiger partial charge is 0.308 e. The molecule has 1 aliphatic heterocycles. The first kappa shape index (κ1) is 10.9. The Balaban J connectivity index is 2.04. The largest absolute Gasteiger partial charge is 0.481 e. The summed E-state index contributed by atoms with van der Waals surface area (Å²) in [7, 11) is 0. The van der Waals surface area contributed by atoms with Crippen LogP contribution in [0.3, 0.4) is 0 Å². The predicted molar refractivity (Wildman–Crippen MR) is 63.0 cm³/mol. The molecule has 1 aliphatic rings. The lowest BCUT2D eigenvalue weighted by Crippen LogP contribution is -2.20. The summed E-state index contributed by atoms with van der Waals surface area (Å²) in [6.07, 6.45) is 3.99. The van der Waals surface area contributed by atoms with E-state index in [1.165, 1.54) is 0 Å². The lowest BCUT2D eigenvalue weighted by Gasteiger charge is -2.09. The van der Waals surface area contributed by atoms with Gasteiger partial charge < -0.3 is 10.4 Å². The van der Waals surface area contributed by atoms with Gasteiger partial charge in [0.2, 0.25) is 0 Å². The highest BCUT2D eigenvalue weighted by Gasteiger charge is 2.30. The second-order valence-corrected chi connectivity index (χ2v) is 4.04. The molecule has 2 atom stereocenters. The summed E-state index contributed by atoms with van der Waals surface area (Å²) in [5.74, 6) is -0.912. The lowest BCUT2D eigenvalue weighted by molar-refractivity contribution is -0.141. The van der Waals surface area contributed by atoms with Crippen LogP contribution in [0.1, 0.15) is 5.56 Å². The second-order valence-electron chi connectivity index (χ2n) is 4.04. The molecule has 0 radical (unpaired) electrons. The summed E-state index contributed by atoms with van der Waals surface area (Å²) in [5.41, 5.74) is 1.11. The highest BCUT2D eigenvalue weighted by Crippen LogP contribution is 2.19. The SMILES string of the molecule is O=C(O)[C@H]1CNC[C@@H]1C=Cc1ccccc1. The molecule has 3 heteroatoms. The number of carbonyl (C=O) groups is 1. The van der Waals surface area contributed by atoms with Crippen molar-refractivity contribution in [2.45, 2.75) is 0 Å². The molecule has 1 heterocycles. The summed E-state index contributed by atoms with van der Waals surface area (Å²) in [6.45, 7) is 1.32. The van der Waals surface area contributed by atoms with Crippen LogP contribution in [-0.2, 0) is 4.79 Å². The molecule has 2 rings (SSSR count). The molecule has 0 unspecified atom stereocenters. The van der Waals surface area contributed by atoms with E-state index in [0.29, 0.717) is 6.54 Å². The molecular formula is C13H15NO2. The molecule has 1 fully saturated rings. The zero-order valence-corrected chi connectivity index (χ0v) is 8.97. The van der Waals surface area contributed by atoms with Crippen molar-refractivity contribution in [3.05, 3.63) is 42.0 Å². The van der Waals surface area contributed by atoms with Gasteiger partial charge in [-0.15, -0.1) is 0 Å². The van der Waals surface area contributed by atoms with Crippen LogP contribution >= 0.6 is 0 Å². The third-order valence-electron chi connectivity index (χ3n) is 2.91. The highest BCUT2D eigenvalue weighted by atomic mass is 16.4. The van der Waals surface area contributed by atoms with Gasteiger partial charge in [-0.25, -0.2) is 0 Å². The van der Waals surface area contributed by atoms with Crippen molar-refractivity contribution < 1.29 is 9.90 Å². The molecule has 16 heavy (non-hydrogen) atoms. The topological polar surface area (TPSA) is 49.3 Å². The van der Waals surface area contributed by atoms with E-state index in [1.54, 1.807) is 0 Å². The fraction of sp³-hybridized carbons (Fsp3) is 0.308. The third-order valence-corrected chi connectivity index (χ3v) is 2.91. The van der Waals surface area contributed by atoms with Crippen molar-refractivity contribution in [1.29, 1.82) is 0 Å². The second kappa shape index (κ2) is 4.94. The van der Waals surface area contributed by atoms with E-state index in [4.69, 9.17) is 5.11 Å². The molecule has 0 aromatic heterocycles. The minimum atomic E-state index is -0.715. The van der Waals surface area contributed by atoms with Crippen molar-refractivity contribution in [2.75, 3.05) is 13.1 Å². The van der Waals surface area contributed by atoms with Crippen LogP contribution < -0.4 is 5.32 Å². The summed E-state index contributed by atoms with van der Waals surface area (Å²) < 4.78 is 0. The number of hydrogen-bond acceptors (Lipinski definition) is 2. The lowest BCUT2D eigenvalue weighted by atomic mass is 9.95. The molecule has 3 nitrogen and oxygen atoms in total. The fourth-order valence-corrected chi connectivity index (χ4v) is 1.97. The highest BCUT2D eigenvalue weighted by molar-refractivity contribution is 5.72. The summed E-state index contributed by atoms with van der Waals surface area (Å²) in [4.78, 5) is 10.9. The van der Waals surface area contributed by atoms with Crippen molar-refractivity contribution in [2.24, 2.45) is 11.8 Å². The molecule has 0 aliphatic carbocycles. The molecule has 2 N–H and O–H groups in total. The number of aliphatic carboxylic acids is 1. The van der Waals surface area contributed by atoms with Crippen molar-refractivity contribution in [1.82, 2.24) is 5.32 Å². The first-order valence-electron chi connectivity index (χ1n) is 5.44. The first-order valence-corrected chi connectivity index (χ1v) is 5.44. The van der Waals surface area contributed by atoms with Crippen LogP contribution in [-0.4, -0.2) is 24.2 Å². The molecule has 0 spiro atoms. The minimum absolute atomic E-state index is 0.0951. The molecule has 0 saturated carbocycles. The van der Waals surface area contributed by atoms with Gasteiger partial charge in [0.1, 0.15) is 0 Å². The van der Waals surface area contributed by atoms with Crippen LogP contribution in [0.4, 0.5) is 0 Å². The summed E-state index contributed by atoms with van der Waals surface area (Å²) in [5, 5.41) is 12.1. The monoisotopic (exact) mass is 217 g/mol. The average molecular weight is 217 g/mol. The fourth-order valence-electron chi connectivity index (χ4n) is 1.97. The molecule has 1 aromatic rings. The van der Waals surface area contributed by atoms with Gasteiger partial charge in [0.25, 0.3) is 0 Å². The molecule has 0 amide bonds. The maximum absolute atomic E-state index is 10.9. The Labute approximate surface area is 94.8 Å². The van der Waals surface area contributed by atoms with Crippen LogP contribution in [0.2, 0.25) is 0 Å². The Kier molecular flexibility index (Phi) is 3.37. The summed E-state index contributed by atoms with van der Waals surface area (Å²) in [6, 6.07) is 9.93. The van der Waals surface area contributed by atoms with Gasteiger partial charge in [-0.2, -0.15) is 0 Å². The van der Waals surface area contributed by atoms with Crippen LogP contribution in [0.25, 0.3) is 6.08 Å². The van der Waals surface area contributed by atoms with Gasteiger partial charge in [0, 0.05) is 19.0 Å². The zero-order chi connectivity index (χ0) is 11.4. The van der Waals surface area contributed by atoms with Gasteiger partial charge in [-0.3, -0.25) is 4.79 Å². The van der Waals surface area contributed by atoms with E-state index in [0.717, 1.165) is 12.1 Å². The van der Waals surface area contributed by atoms with Crippen LogP contribution in [0, 0.1) is 11.8 Å². The normalized spacial score (nSPS) is 25.0. The van der Waals surface area contributed by atoms with E-state index in [1.807, 2.05) is 42.5 Å². The van der Waals surface area contributed by atoms with Crippen LogP contribution in [0.15, 0.2) is 36.4 Å². The predicted octanol–water partition coefficient (Wildman–Crippen LogP) is 1.62. The van der Waals surface area contributed by atoms with Gasteiger partial charge in [0.15, 0.2) is 0 Å². The zero-order valence-electron chi connectivity index (χ0n) is 8.97. The van der Waals surface area contributed by atoms with Crippen molar-refractivity contribution in [3.8, 4) is 0 Å². The Morgan fingerprint density at radius 1 is 1.31 bits per heavy atom. The van der Waals surface area contributed by atoms with E-state index in [-0.39, 0.29) is 11.8 Å². The van der Waals surface area contributed by atoms with E-state index < -0.39 is 5.97 Å². The number of carboxylic acids is 1. The Hall–Kier alpha value is -1.61. The number of nitrogens with one attached hydrogen (secondary N) is 1. The Morgan fingerprint density at radius 3 is 2.75 bits per heavy atom. The third kappa shape index (κ3) is 2.49. The van der Waals surface area contributed by atoms with Gasteiger partial charge in [-0.1, -0.05) is 42.5 Å². The summed E-state index contributed by atoms with van der Waals surface area (Å²) >= 11 is 0. The van der Waals surface area contributed by atoms with E-state index in [2.05, 4.69) is 5.32 Å². The quantitative estimate of drug-likeness (QED) is 0.809. The van der Waals surface area contributed by atoms with E-state index in [9.17, 15) is 4.79 Å². The molecule has 1 saturated heterocycles. The average Bonchev–Trinajstić information content (AvgIpc) is 2.76. The maximum Gasteiger partial charge on any atom is 0.308 e. The number of benzene rings is 1. The number of carboxylic acid groups (broad SMARTS) is 1. The standard InChI is InChI=1S/C13H15NO2/c15-13(16)12-9-14-8-11(12)7-6-10-4-2-1-3-5-10/h1-7,11-12,14H,8-9H2,(H,15,16)/t11-,12-/m0/s1. The molecule has 0 bridgehead atoms. The molecular weight excluding hydrogens is 202 g/mol. The van der Waals surface area contributed by atoms with Gasteiger partial charge in [0.05, 0.1) is 5.92 Å². The van der Waals surface area contributed by atoms with Gasteiger partial charge >= 0.3 is 5.97 Å². The Morgan fingerprint density at radius 2 is 2.06 bits per heavy atom. The minimum Gasteiger partial charge on any atom is -0.481 e.